The van der Waals surface area contributed by atoms with E-state index in [1.807, 2.05) is 56.3 Å². The molecule has 1 fully saturated rings. The van der Waals surface area contributed by atoms with Crippen molar-refractivity contribution in [3.63, 3.8) is 0 Å². The van der Waals surface area contributed by atoms with Crippen LogP contribution in [0.2, 0.25) is 0 Å². The second kappa shape index (κ2) is 9.81. The number of aryl methyl sites for hydroxylation is 2. The summed E-state index contributed by atoms with van der Waals surface area (Å²) in [5.41, 5.74) is 3.52. The van der Waals surface area contributed by atoms with Gasteiger partial charge in [-0.3, -0.25) is 19.4 Å². The van der Waals surface area contributed by atoms with E-state index in [1.54, 1.807) is 0 Å². The Balaban J connectivity index is 1.58. The minimum Gasteiger partial charge on any atom is -0.379 e. The van der Waals surface area contributed by atoms with Crippen LogP contribution >= 0.6 is 11.8 Å². The SMILES string of the molecule is Cc1ccc(C2=C(Sc3ccccc3)C(=O)N(CCCN3CCOCC3)C2=O)c(C)c1. The van der Waals surface area contributed by atoms with Crippen molar-refractivity contribution in [1.29, 1.82) is 0 Å². The Labute approximate surface area is 188 Å². The predicted octanol–water partition coefficient (Wildman–Crippen LogP) is 3.90. The summed E-state index contributed by atoms with van der Waals surface area (Å²) in [5.74, 6) is -0.367. The third-order valence-corrected chi connectivity index (χ3v) is 6.79. The first-order valence-electron chi connectivity index (χ1n) is 10.8. The third kappa shape index (κ3) is 4.92. The fraction of sp³-hybridized carbons (Fsp3) is 0.360. The Morgan fingerprint density at radius 3 is 2.39 bits per heavy atom. The number of nitrogens with zero attached hydrogens (tertiary/aromatic N) is 2. The average molecular weight is 437 g/mol. The standard InChI is InChI=1S/C25H28N2O3S/c1-18-9-10-21(19(2)17-18)22-23(31-20-7-4-3-5-8-20)25(29)27(24(22)28)12-6-11-26-13-15-30-16-14-26/h3-5,7-10,17H,6,11-16H2,1-2H3. The number of thioether (sulfide) groups is 1. The van der Waals surface area contributed by atoms with Gasteiger partial charge in [-0.1, -0.05) is 53.7 Å². The van der Waals surface area contributed by atoms with Gasteiger partial charge in [0.2, 0.25) is 0 Å². The topological polar surface area (TPSA) is 49.9 Å². The molecular formula is C25H28N2O3S. The molecule has 1 saturated heterocycles. The van der Waals surface area contributed by atoms with Crippen LogP contribution in [0.3, 0.4) is 0 Å². The number of ether oxygens (including phenoxy) is 1. The number of hydrogen-bond donors (Lipinski definition) is 0. The third-order valence-electron chi connectivity index (χ3n) is 5.70. The monoisotopic (exact) mass is 436 g/mol. The highest BCUT2D eigenvalue weighted by molar-refractivity contribution is 8.04. The Morgan fingerprint density at radius 2 is 1.68 bits per heavy atom. The van der Waals surface area contributed by atoms with Crippen LogP contribution in [-0.2, 0) is 14.3 Å². The molecule has 6 heteroatoms. The molecule has 0 radical (unpaired) electrons. The van der Waals surface area contributed by atoms with E-state index in [4.69, 9.17) is 4.74 Å². The van der Waals surface area contributed by atoms with Gasteiger partial charge >= 0.3 is 0 Å². The number of morpholine rings is 1. The van der Waals surface area contributed by atoms with E-state index in [1.165, 1.54) is 16.7 Å². The van der Waals surface area contributed by atoms with Crippen LogP contribution in [0.15, 0.2) is 58.3 Å². The lowest BCUT2D eigenvalue weighted by molar-refractivity contribution is -0.136. The molecule has 5 nitrogen and oxygen atoms in total. The Morgan fingerprint density at radius 1 is 0.935 bits per heavy atom. The highest BCUT2D eigenvalue weighted by Gasteiger charge is 2.39. The van der Waals surface area contributed by atoms with Crippen LogP contribution in [-0.4, -0.2) is 61.0 Å². The maximum absolute atomic E-state index is 13.4. The molecule has 0 aromatic heterocycles. The van der Waals surface area contributed by atoms with E-state index in [2.05, 4.69) is 11.0 Å². The van der Waals surface area contributed by atoms with Crippen LogP contribution in [0.4, 0.5) is 0 Å². The van der Waals surface area contributed by atoms with Crippen LogP contribution in [0.5, 0.6) is 0 Å². The predicted molar refractivity (Wildman–Crippen MR) is 124 cm³/mol. The lowest BCUT2D eigenvalue weighted by atomic mass is 9.99. The molecule has 162 valence electrons. The van der Waals surface area contributed by atoms with Gasteiger partial charge in [-0.2, -0.15) is 0 Å². The maximum atomic E-state index is 13.4. The number of amides is 2. The number of imide groups is 1. The van der Waals surface area contributed by atoms with Crippen molar-refractivity contribution >= 4 is 29.1 Å². The van der Waals surface area contributed by atoms with Crippen molar-refractivity contribution in [2.75, 3.05) is 39.4 Å². The minimum atomic E-state index is -0.184. The van der Waals surface area contributed by atoms with E-state index in [0.717, 1.165) is 60.9 Å². The van der Waals surface area contributed by atoms with E-state index in [0.29, 0.717) is 17.0 Å². The van der Waals surface area contributed by atoms with Crippen LogP contribution in [0, 0.1) is 13.8 Å². The first-order chi connectivity index (χ1) is 15.0. The van der Waals surface area contributed by atoms with E-state index in [-0.39, 0.29) is 11.8 Å². The van der Waals surface area contributed by atoms with E-state index >= 15 is 0 Å². The van der Waals surface area contributed by atoms with E-state index in [9.17, 15) is 9.59 Å². The summed E-state index contributed by atoms with van der Waals surface area (Å²) < 4.78 is 5.40. The zero-order chi connectivity index (χ0) is 21.8. The molecule has 2 aliphatic rings. The van der Waals surface area contributed by atoms with Crippen molar-refractivity contribution in [3.05, 3.63) is 70.1 Å². The highest BCUT2D eigenvalue weighted by atomic mass is 32.2. The molecule has 0 N–H and O–H groups in total. The fourth-order valence-electron chi connectivity index (χ4n) is 4.07. The molecule has 0 unspecified atom stereocenters. The van der Waals surface area contributed by atoms with Crippen molar-refractivity contribution in [3.8, 4) is 0 Å². The molecule has 0 bridgehead atoms. The summed E-state index contributed by atoms with van der Waals surface area (Å²) in [6.45, 7) is 8.63. The fourth-order valence-corrected chi connectivity index (χ4v) is 5.09. The zero-order valence-corrected chi connectivity index (χ0v) is 18.9. The van der Waals surface area contributed by atoms with Gasteiger partial charge in [-0.25, -0.2) is 0 Å². The molecule has 2 amide bonds. The van der Waals surface area contributed by atoms with Crippen molar-refractivity contribution in [2.24, 2.45) is 0 Å². The van der Waals surface area contributed by atoms with Crippen LogP contribution in [0.25, 0.3) is 5.57 Å². The summed E-state index contributed by atoms with van der Waals surface area (Å²) in [6.07, 6.45) is 0.765. The Kier molecular flexibility index (Phi) is 6.90. The van der Waals surface area contributed by atoms with Gasteiger partial charge in [-0.05, 0) is 43.5 Å². The van der Waals surface area contributed by atoms with Crippen molar-refractivity contribution < 1.29 is 14.3 Å². The zero-order valence-electron chi connectivity index (χ0n) is 18.1. The molecule has 0 atom stereocenters. The van der Waals surface area contributed by atoms with Gasteiger partial charge in [0.25, 0.3) is 11.8 Å². The van der Waals surface area contributed by atoms with Gasteiger partial charge in [0.15, 0.2) is 0 Å². The van der Waals surface area contributed by atoms with E-state index < -0.39 is 0 Å². The second-order valence-corrected chi connectivity index (χ2v) is 9.09. The number of benzene rings is 2. The molecule has 2 aliphatic heterocycles. The Hall–Kier alpha value is -2.41. The highest BCUT2D eigenvalue weighted by Crippen LogP contribution is 2.40. The number of hydrogen-bond acceptors (Lipinski definition) is 5. The Bertz CT molecular complexity index is 997. The number of carbonyl (C=O) groups excluding carboxylic acids is 2. The smallest absolute Gasteiger partial charge is 0.268 e. The lowest BCUT2D eigenvalue weighted by Gasteiger charge is -2.27. The van der Waals surface area contributed by atoms with Crippen LogP contribution < -0.4 is 0 Å². The normalized spacial score (nSPS) is 17.7. The molecule has 2 aromatic carbocycles. The lowest BCUT2D eigenvalue weighted by Crippen LogP contribution is -2.39. The van der Waals surface area contributed by atoms with Crippen molar-refractivity contribution in [2.45, 2.75) is 25.2 Å². The molecule has 31 heavy (non-hydrogen) atoms. The minimum absolute atomic E-state index is 0.183. The summed E-state index contributed by atoms with van der Waals surface area (Å²) in [6, 6.07) is 15.8. The van der Waals surface area contributed by atoms with Crippen LogP contribution in [0.1, 0.15) is 23.1 Å². The van der Waals surface area contributed by atoms with Gasteiger partial charge in [0, 0.05) is 31.1 Å². The largest absolute Gasteiger partial charge is 0.379 e. The summed E-state index contributed by atoms with van der Waals surface area (Å²) in [5, 5.41) is 0. The summed E-state index contributed by atoms with van der Waals surface area (Å²) in [4.78, 5) is 32.0. The molecule has 0 saturated carbocycles. The van der Waals surface area contributed by atoms with Gasteiger partial charge < -0.3 is 4.74 Å². The van der Waals surface area contributed by atoms with Gasteiger partial charge in [0.1, 0.15) is 0 Å². The first-order valence-corrected chi connectivity index (χ1v) is 11.6. The first kappa shape index (κ1) is 21.8. The van der Waals surface area contributed by atoms with Crippen molar-refractivity contribution in [1.82, 2.24) is 9.80 Å². The molecule has 2 heterocycles. The maximum Gasteiger partial charge on any atom is 0.268 e. The quantitative estimate of drug-likeness (QED) is 0.616. The number of rotatable bonds is 7. The molecule has 4 rings (SSSR count). The molecule has 0 spiro atoms. The summed E-state index contributed by atoms with van der Waals surface area (Å²) in [7, 11) is 0. The molecule has 0 aliphatic carbocycles. The molecular weight excluding hydrogens is 408 g/mol. The van der Waals surface area contributed by atoms with Gasteiger partial charge in [-0.15, -0.1) is 0 Å². The molecule has 2 aromatic rings. The number of carbonyl (C=O) groups is 2. The second-order valence-electron chi connectivity index (χ2n) is 8.01. The average Bonchev–Trinajstić information content (AvgIpc) is 3.00. The summed E-state index contributed by atoms with van der Waals surface area (Å²) >= 11 is 1.38. The van der Waals surface area contributed by atoms with Gasteiger partial charge in [0.05, 0.1) is 23.7 Å².